The van der Waals surface area contributed by atoms with Crippen molar-refractivity contribution in [2.75, 3.05) is 0 Å². The molecule has 0 saturated carbocycles. The third-order valence-electron chi connectivity index (χ3n) is 4.89. The van der Waals surface area contributed by atoms with Gasteiger partial charge in [0, 0.05) is 16.2 Å². The summed E-state index contributed by atoms with van der Waals surface area (Å²) < 4.78 is 17.9. The number of aromatic nitrogens is 6. The third-order valence-corrected chi connectivity index (χ3v) is 4.89. The molecule has 3 aromatic heterocycles. The number of nitrogens with zero attached hydrogens (tertiary/aromatic N) is 6. The molecule has 31 heavy (non-hydrogen) atoms. The Morgan fingerprint density at radius 2 is 0.806 bits per heavy atom. The molecule has 150 valence electrons. The van der Waals surface area contributed by atoms with Gasteiger partial charge < -0.3 is 14.3 Å². The summed E-state index contributed by atoms with van der Waals surface area (Å²) in [5, 5.41) is 15.7. The maximum absolute atomic E-state index is 5.95. The van der Waals surface area contributed by atoms with Crippen LogP contribution in [0.2, 0.25) is 0 Å². The zero-order valence-electron chi connectivity index (χ0n) is 16.1. The van der Waals surface area contributed by atoms with Crippen LogP contribution in [0.4, 0.5) is 0 Å². The van der Waals surface area contributed by atoms with Crippen LogP contribution in [0.1, 0.15) is 0 Å². The Labute approximate surface area is 176 Å². The molecule has 0 atom stereocenters. The molecule has 0 saturated heterocycles. The summed E-state index contributed by atoms with van der Waals surface area (Å²) in [6.07, 6.45) is 5.12. The zero-order valence-corrected chi connectivity index (χ0v) is 16.1. The second-order valence-corrected chi connectivity index (χ2v) is 6.83. The molecule has 10 heteroatoms. The van der Waals surface area contributed by atoms with Crippen molar-refractivity contribution in [3.05, 3.63) is 91.4 Å². The lowest BCUT2D eigenvalue weighted by Gasteiger charge is -2.15. The molecule has 0 aliphatic carbocycles. The molecule has 0 radical (unpaired) electrons. The van der Waals surface area contributed by atoms with Gasteiger partial charge in [-0.3, -0.25) is 0 Å². The minimum atomic E-state index is -1.24. The molecular weight excluding hydrogens is 395 g/mol. The molecule has 6 aromatic rings. The Kier molecular flexibility index (Phi) is 3.98. The van der Waals surface area contributed by atoms with E-state index in [2.05, 4.69) is 15.3 Å². The maximum atomic E-state index is 5.95. The van der Waals surface area contributed by atoms with E-state index in [1.807, 2.05) is 72.8 Å². The molecular formula is C21H15BN6O3. The van der Waals surface area contributed by atoms with Crippen LogP contribution in [-0.2, 0) is 0 Å². The van der Waals surface area contributed by atoms with Gasteiger partial charge >= 0.3 is 7.32 Å². The summed E-state index contributed by atoms with van der Waals surface area (Å²) in [6, 6.07) is 23.0. The lowest BCUT2D eigenvalue weighted by Crippen LogP contribution is -2.49. The van der Waals surface area contributed by atoms with Crippen molar-refractivity contribution in [1.82, 2.24) is 29.8 Å². The fourth-order valence-electron chi connectivity index (χ4n) is 3.40. The summed E-state index contributed by atoms with van der Waals surface area (Å²) in [5.74, 6) is 0. The van der Waals surface area contributed by atoms with Crippen molar-refractivity contribution in [2.24, 2.45) is 0 Å². The van der Waals surface area contributed by atoms with E-state index >= 15 is 0 Å². The Hall–Kier alpha value is -4.47. The second-order valence-electron chi connectivity index (χ2n) is 6.83. The van der Waals surface area contributed by atoms with E-state index in [0.717, 1.165) is 32.7 Å². The highest BCUT2D eigenvalue weighted by atomic mass is 16.9. The molecule has 6 rings (SSSR count). The molecule has 0 aliphatic heterocycles. The fourth-order valence-corrected chi connectivity index (χ4v) is 3.40. The molecule has 0 N–H and O–H groups in total. The molecule has 3 aromatic carbocycles. The third kappa shape index (κ3) is 3.10. The largest absolute Gasteiger partial charge is 0.929 e. The van der Waals surface area contributed by atoms with E-state index in [1.165, 1.54) is 14.5 Å². The SMILES string of the molecule is c1ccc2c(c1)cnn2OB(On1ncc2ccccc21)On1ncc2ccccc21. The first-order valence-electron chi connectivity index (χ1n) is 9.65. The van der Waals surface area contributed by atoms with E-state index in [-0.39, 0.29) is 0 Å². The average molecular weight is 410 g/mol. The van der Waals surface area contributed by atoms with Crippen LogP contribution in [0.3, 0.4) is 0 Å². The van der Waals surface area contributed by atoms with Gasteiger partial charge in [0.15, 0.2) is 0 Å². The number of para-hydroxylation sites is 3. The molecule has 0 aliphatic rings. The van der Waals surface area contributed by atoms with E-state index in [4.69, 9.17) is 14.3 Å². The van der Waals surface area contributed by atoms with Crippen molar-refractivity contribution in [2.45, 2.75) is 0 Å². The van der Waals surface area contributed by atoms with Crippen LogP contribution in [0, 0.1) is 0 Å². The van der Waals surface area contributed by atoms with Gasteiger partial charge in [-0.25, -0.2) is 0 Å². The molecule has 0 amide bonds. The molecule has 0 bridgehead atoms. The topological polar surface area (TPSA) is 81.1 Å². The number of rotatable bonds is 6. The van der Waals surface area contributed by atoms with Crippen LogP contribution in [0.25, 0.3) is 32.7 Å². The van der Waals surface area contributed by atoms with Gasteiger partial charge in [-0.05, 0) is 18.2 Å². The van der Waals surface area contributed by atoms with Crippen LogP contribution >= 0.6 is 0 Å². The molecule has 0 fully saturated rings. The van der Waals surface area contributed by atoms with Gasteiger partial charge in [-0.15, -0.1) is 29.8 Å². The van der Waals surface area contributed by atoms with Crippen molar-refractivity contribution >= 4 is 40.0 Å². The van der Waals surface area contributed by atoms with Gasteiger partial charge in [-0.2, -0.15) is 0 Å². The average Bonchev–Trinajstić information content (AvgIpc) is 3.52. The highest BCUT2D eigenvalue weighted by Gasteiger charge is 2.36. The van der Waals surface area contributed by atoms with E-state index in [0.29, 0.717) is 0 Å². The number of hydrogen-bond acceptors (Lipinski definition) is 6. The quantitative estimate of drug-likeness (QED) is 0.393. The van der Waals surface area contributed by atoms with Crippen molar-refractivity contribution in [3.8, 4) is 0 Å². The summed E-state index contributed by atoms with van der Waals surface area (Å²) in [4.78, 5) is 4.08. The minimum absolute atomic E-state index is 0.773. The predicted octanol–water partition coefficient (Wildman–Crippen LogP) is 2.41. The molecule has 3 heterocycles. The smallest absolute Gasteiger partial charge is 0.380 e. The van der Waals surface area contributed by atoms with Crippen LogP contribution < -0.4 is 14.3 Å². The summed E-state index contributed by atoms with van der Waals surface area (Å²) in [6.45, 7) is 0. The molecule has 0 unspecified atom stereocenters. The first-order chi connectivity index (χ1) is 15.3. The first-order valence-corrected chi connectivity index (χ1v) is 9.65. The van der Waals surface area contributed by atoms with Crippen molar-refractivity contribution in [1.29, 1.82) is 0 Å². The summed E-state index contributed by atoms with van der Waals surface area (Å²) in [7, 11) is -1.24. The minimum Gasteiger partial charge on any atom is -0.380 e. The van der Waals surface area contributed by atoms with Crippen molar-refractivity contribution < 1.29 is 14.3 Å². The number of fused-ring (bicyclic) bond motifs is 3. The lowest BCUT2D eigenvalue weighted by molar-refractivity contribution is 0.0501. The Bertz CT molecular complexity index is 1330. The van der Waals surface area contributed by atoms with Gasteiger partial charge in [0.2, 0.25) is 0 Å². The van der Waals surface area contributed by atoms with Crippen molar-refractivity contribution in [3.63, 3.8) is 0 Å². The van der Waals surface area contributed by atoms with E-state index in [1.54, 1.807) is 18.6 Å². The Balaban J connectivity index is 1.37. The first kappa shape index (κ1) is 17.4. The summed E-state index contributed by atoms with van der Waals surface area (Å²) in [5.41, 5.74) is 2.32. The zero-order chi connectivity index (χ0) is 20.6. The maximum Gasteiger partial charge on any atom is 0.929 e. The molecule has 9 nitrogen and oxygen atoms in total. The van der Waals surface area contributed by atoms with Gasteiger partial charge in [0.1, 0.15) is 16.6 Å². The van der Waals surface area contributed by atoms with Gasteiger partial charge in [0.05, 0.1) is 18.6 Å². The number of benzene rings is 3. The normalized spacial score (nSPS) is 11.2. The summed E-state index contributed by atoms with van der Waals surface area (Å²) >= 11 is 0. The fraction of sp³-hybridized carbons (Fsp3) is 0. The highest BCUT2D eigenvalue weighted by Crippen LogP contribution is 2.14. The highest BCUT2D eigenvalue weighted by molar-refractivity contribution is 6.37. The predicted molar refractivity (Wildman–Crippen MR) is 115 cm³/mol. The number of hydrogen-bond donors (Lipinski definition) is 0. The van der Waals surface area contributed by atoms with Crippen LogP contribution in [0.15, 0.2) is 91.4 Å². The lowest BCUT2D eigenvalue weighted by atomic mass is 10.2. The van der Waals surface area contributed by atoms with E-state index < -0.39 is 7.32 Å². The molecule has 0 spiro atoms. The second kappa shape index (κ2) is 7.10. The Morgan fingerprint density at radius 3 is 1.16 bits per heavy atom. The van der Waals surface area contributed by atoms with Crippen LogP contribution in [-0.4, -0.2) is 37.2 Å². The van der Waals surface area contributed by atoms with Gasteiger partial charge in [-0.1, -0.05) is 54.6 Å². The van der Waals surface area contributed by atoms with Gasteiger partial charge in [0.25, 0.3) is 0 Å². The van der Waals surface area contributed by atoms with E-state index in [9.17, 15) is 0 Å². The standard InChI is InChI=1S/C21H15BN6O3/c1-4-10-19-16(7-1)13-23-26(19)29-22(30-27-20-11-5-2-8-17(20)14-24-27)31-28-21-12-6-3-9-18(21)15-25-28/h1-15H. The Morgan fingerprint density at radius 1 is 0.484 bits per heavy atom. The van der Waals surface area contributed by atoms with Crippen LogP contribution in [0.5, 0.6) is 0 Å². The monoisotopic (exact) mass is 410 g/mol.